The van der Waals surface area contributed by atoms with Crippen molar-refractivity contribution in [2.45, 2.75) is 6.36 Å². The molecule has 0 N–H and O–H groups in total. The number of esters is 1. The van der Waals surface area contributed by atoms with E-state index in [1.807, 2.05) is 0 Å². The van der Waals surface area contributed by atoms with Crippen LogP contribution >= 0.6 is 15.9 Å². The average Bonchev–Trinajstić information content (AvgIpc) is 2.18. The molecule has 0 saturated carbocycles. The van der Waals surface area contributed by atoms with Crippen LogP contribution in [0.1, 0.15) is 10.4 Å². The van der Waals surface area contributed by atoms with E-state index in [-0.39, 0.29) is 10.2 Å². The van der Waals surface area contributed by atoms with Gasteiger partial charge in [-0.2, -0.15) is 0 Å². The number of aromatic nitrogens is 1. The van der Waals surface area contributed by atoms with E-state index in [1.165, 1.54) is 0 Å². The van der Waals surface area contributed by atoms with E-state index in [2.05, 4.69) is 30.4 Å². The fraction of sp³-hybridized carbons (Fsp3) is 0.250. The van der Waals surface area contributed by atoms with Crippen molar-refractivity contribution in [3.8, 4) is 5.75 Å². The first-order valence-corrected chi connectivity index (χ1v) is 4.63. The monoisotopic (exact) mass is 299 g/mol. The van der Waals surface area contributed by atoms with Crippen LogP contribution in [0, 0.1) is 0 Å². The molecule has 1 heterocycles. The number of methoxy groups -OCH3 is 1. The van der Waals surface area contributed by atoms with Crippen LogP contribution in [0.4, 0.5) is 13.2 Å². The van der Waals surface area contributed by atoms with E-state index in [1.54, 1.807) is 0 Å². The summed E-state index contributed by atoms with van der Waals surface area (Å²) in [6.07, 6.45) is -3.76. The Morgan fingerprint density at radius 2 is 2.12 bits per heavy atom. The summed E-state index contributed by atoms with van der Waals surface area (Å²) >= 11 is 2.75. The SMILES string of the molecule is COC(=O)c1ccnc(Br)c1OC(F)(F)F. The zero-order chi connectivity index (χ0) is 12.3. The molecule has 4 nitrogen and oxygen atoms in total. The van der Waals surface area contributed by atoms with E-state index < -0.39 is 18.1 Å². The minimum atomic E-state index is -4.91. The van der Waals surface area contributed by atoms with Gasteiger partial charge in [-0.3, -0.25) is 0 Å². The van der Waals surface area contributed by atoms with Gasteiger partial charge in [-0.05, 0) is 22.0 Å². The summed E-state index contributed by atoms with van der Waals surface area (Å²) < 4.78 is 43.9. The molecule has 1 aromatic rings. The largest absolute Gasteiger partial charge is 0.573 e. The van der Waals surface area contributed by atoms with Gasteiger partial charge in [0, 0.05) is 6.20 Å². The van der Waals surface area contributed by atoms with Crippen molar-refractivity contribution in [3.05, 3.63) is 22.4 Å². The van der Waals surface area contributed by atoms with E-state index in [4.69, 9.17) is 0 Å². The van der Waals surface area contributed by atoms with Crippen LogP contribution in [0.5, 0.6) is 5.75 Å². The first-order chi connectivity index (χ1) is 7.35. The second-order valence-electron chi connectivity index (χ2n) is 2.52. The zero-order valence-electron chi connectivity index (χ0n) is 7.84. The first kappa shape index (κ1) is 12.8. The molecule has 0 spiro atoms. The Morgan fingerprint density at radius 1 is 1.50 bits per heavy atom. The highest BCUT2D eigenvalue weighted by Crippen LogP contribution is 2.32. The predicted octanol–water partition coefficient (Wildman–Crippen LogP) is 2.53. The molecule has 1 rings (SSSR count). The fourth-order valence-corrected chi connectivity index (χ4v) is 1.32. The van der Waals surface area contributed by atoms with Gasteiger partial charge in [-0.15, -0.1) is 13.2 Å². The Balaban J connectivity index is 3.19. The lowest BCUT2D eigenvalue weighted by atomic mass is 10.2. The van der Waals surface area contributed by atoms with Gasteiger partial charge >= 0.3 is 12.3 Å². The summed E-state index contributed by atoms with van der Waals surface area (Å²) in [4.78, 5) is 14.7. The summed E-state index contributed by atoms with van der Waals surface area (Å²) in [5.41, 5.74) is -0.360. The van der Waals surface area contributed by atoms with Crippen molar-refractivity contribution >= 4 is 21.9 Å². The van der Waals surface area contributed by atoms with Crippen LogP contribution < -0.4 is 4.74 Å². The lowest BCUT2D eigenvalue weighted by Crippen LogP contribution is -2.20. The molecule has 88 valence electrons. The molecule has 0 bridgehead atoms. The van der Waals surface area contributed by atoms with Gasteiger partial charge in [0.05, 0.1) is 7.11 Å². The maximum atomic E-state index is 12.0. The number of ether oxygens (including phenoxy) is 2. The van der Waals surface area contributed by atoms with Gasteiger partial charge in [0.15, 0.2) is 5.75 Å². The van der Waals surface area contributed by atoms with Crippen molar-refractivity contribution in [3.63, 3.8) is 0 Å². The smallest absolute Gasteiger partial charge is 0.465 e. The molecular formula is C8H5BrF3NO3. The maximum Gasteiger partial charge on any atom is 0.573 e. The molecule has 0 aromatic carbocycles. The van der Waals surface area contributed by atoms with E-state index >= 15 is 0 Å². The van der Waals surface area contributed by atoms with Gasteiger partial charge in [-0.25, -0.2) is 9.78 Å². The molecule has 0 saturated heterocycles. The molecule has 0 fully saturated rings. The number of nitrogens with zero attached hydrogens (tertiary/aromatic N) is 1. The highest BCUT2D eigenvalue weighted by Gasteiger charge is 2.34. The van der Waals surface area contributed by atoms with Gasteiger partial charge in [0.2, 0.25) is 0 Å². The Morgan fingerprint density at radius 3 is 2.62 bits per heavy atom. The topological polar surface area (TPSA) is 48.4 Å². The Labute approximate surface area is 96.5 Å². The van der Waals surface area contributed by atoms with Crippen LogP contribution in [0.25, 0.3) is 0 Å². The molecule has 0 aliphatic heterocycles. The predicted molar refractivity (Wildman–Crippen MR) is 50.0 cm³/mol. The minimum absolute atomic E-state index is 0.229. The molecule has 0 unspecified atom stereocenters. The summed E-state index contributed by atoms with van der Waals surface area (Å²) in [6.45, 7) is 0. The Kier molecular flexibility index (Phi) is 3.74. The standard InChI is InChI=1S/C8H5BrF3NO3/c1-15-7(14)4-2-3-13-6(9)5(4)16-8(10,11)12/h2-3H,1H3. The number of carbonyl (C=O) groups is 1. The summed E-state index contributed by atoms with van der Waals surface area (Å²) in [6, 6.07) is 1.07. The highest BCUT2D eigenvalue weighted by atomic mass is 79.9. The van der Waals surface area contributed by atoms with Crippen molar-refractivity contribution < 1.29 is 27.4 Å². The maximum absolute atomic E-state index is 12.0. The number of alkyl halides is 3. The van der Waals surface area contributed by atoms with Crippen molar-refractivity contribution in [1.82, 2.24) is 4.98 Å². The second kappa shape index (κ2) is 4.69. The summed E-state index contributed by atoms with van der Waals surface area (Å²) in [7, 11) is 1.05. The van der Waals surface area contributed by atoms with Crippen LogP contribution in [0.15, 0.2) is 16.9 Å². The third kappa shape index (κ3) is 3.09. The van der Waals surface area contributed by atoms with Gasteiger partial charge in [0.1, 0.15) is 10.2 Å². The lowest BCUT2D eigenvalue weighted by Gasteiger charge is -2.12. The van der Waals surface area contributed by atoms with Crippen LogP contribution in [-0.4, -0.2) is 24.4 Å². The van der Waals surface area contributed by atoms with Gasteiger partial charge in [-0.1, -0.05) is 0 Å². The van der Waals surface area contributed by atoms with Gasteiger partial charge < -0.3 is 9.47 Å². The number of hydrogen-bond acceptors (Lipinski definition) is 4. The third-order valence-corrected chi connectivity index (χ3v) is 2.05. The number of carbonyl (C=O) groups excluding carboxylic acids is 1. The third-order valence-electron chi connectivity index (χ3n) is 1.48. The zero-order valence-corrected chi connectivity index (χ0v) is 9.42. The molecule has 0 amide bonds. The normalized spacial score (nSPS) is 11.1. The quantitative estimate of drug-likeness (QED) is 0.622. The first-order valence-electron chi connectivity index (χ1n) is 3.83. The average molecular weight is 300 g/mol. The van der Waals surface area contributed by atoms with E-state index in [0.29, 0.717) is 0 Å². The number of hydrogen-bond donors (Lipinski definition) is 0. The minimum Gasteiger partial charge on any atom is -0.465 e. The molecular weight excluding hydrogens is 295 g/mol. The van der Waals surface area contributed by atoms with Crippen molar-refractivity contribution in [2.75, 3.05) is 7.11 Å². The molecule has 1 aromatic heterocycles. The Hall–Kier alpha value is -1.31. The van der Waals surface area contributed by atoms with Crippen LogP contribution in [-0.2, 0) is 4.74 Å². The van der Waals surface area contributed by atoms with Crippen molar-refractivity contribution in [1.29, 1.82) is 0 Å². The summed E-state index contributed by atoms with van der Waals surface area (Å²) in [5.74, 6) is -1.66. The fourth-order valence-electron chi connectivity index (χ4n) is 0.906. The summed E-state index contributed by atoms with van der Waals surface area (Å²) in [5, 5.41) is 0. The molecule has 0 aliphatic carbocycles. The molecule has 0 atom stereocenters. The van der Waals surface area contributed by atoms with E-state index in [9.17, 15) is 18.0 Å². The Bertz CT molecular complexity index is 408. The van der Waals surface area contributed by atoms with E-state index in [0.717, 1.165) is 19.4 Å². The van der Waals surface area contributed by atoms with Crippen LogP contribution in [0.3, 0.4) is 0 Å². The lowest BCUT2D eigenvalue weighted by molar-refractivity contribution is -0.275. The number of pyridine rings is 1. The molecule has 0 radical (unpaired) electrons. The van der Waals surface area contributed by atoms with Gasteiger partial charge in [0.25, 0.3) is 0 Å². The molecule has 16 heavy (non-hydrogen) atoms. The van der Waals surface area contributed by atoms with Crippen LogP contribution in [0.2, 0.25) is 0 Å². The second-order valence-corrected chi connectivity index (χ2v) is 3.27. The highest BCUT2D eigenvalue weighted by molar-refractivity contribution is 9.10. The number of halogens is 4. The number of rotatable bonds is 2. The van der Waals surface area contributed by atoms with Crippen molar-refractivity contribution in [2.24, 2.45) is 0 Å². The molecule has 0 aliphatic rings. The molecule has 8 heteroatoms.